The molecule has 0 aromatic heterocycles. The van der Waals surface area contributed by atoms with Crippen LogP contribution in [0, 0.1) is 0 Å². The Morgan fingerprint density at radius 3 is 2.37 bits per heavy atom. The molecular weight excluding hydrogens is 268 g/mol. The van der Waals surface area contributed by atoms with E-state index in [4.69, 9.17) is 5.73 Å². The Hall–Kier alpha value is -1.44. The number of carbonyl (C=O) groups excluding carboxylic acids is 1. The van der Waals surface area contributed by atoms with Crippen LogP contribution in [-0.2, 0) is 32.6 Å². The lowest BCUT2D eigenvalue weighted by Gasteiger charge is -2.06. The molecule has 3 N–H and O–H groups in total. The van der Waals surface area contributed by atoms with E-state index in [-0.39, 0.29) is 18.7 Å². The summed E-state index contributed by atoms with van der Waals surface area (Å²) in [5, 5.41) is 0. The molecule has 0 amide bonds. The molecule has 0 spiro atoms. The second-order valence-corrected chi connectivity index (χ2v) is 5.91. The number of nitrogens with one attached hydrogen (secondary N) is 1. The van der Waals surface area contributed by atoms with Crippen molar-refractivity contribution in [3.05, 3.63) is 35.4 Å². The van der Waals surface area contributed by atoms with Crippen molar-refractivity contribution in [1.82, 2.24) is 4.72 Å². The van der Waals surface area contributed by atoms with Crippen LogP contribution < -0.4 is 10.5 Å². The summed E-state index contributed by atoms with van der Waals surface area (Å²) in [7, 11) is -2.25. The first kappa shape index (κ1) is 15.6. The van der Waals surface area contributed by atoms with Crippen molar-refractivity contribution in [2.75, 3.05) is 12.9 Å². The standard InChI is InChI=1S/C12H18N2O4S/c1-18-12(15)6-7-19(16,17)14-9-11-4-2-10(8-13)3-5-11/h2-5,14H,6-9,13H2,1H3. The molecule has 0 aliphatic carbocycles. The summed E-state index contributed by atoms with van der Waals surface area (Å²) in [6.45, 7) is 0.638. The molecule has 0 bridgehead atoms. The zero-order valence-corrected chi connectivity index (χ0v) is 11.6. The molecular formula is C12H18N2O4S. The molecule has 19 heavy (non-hydrogen) atoms. The number of esters is 1. The third-order valence-corrected chi connectivity index (χ3v) is 3.88. The molecule has 0 aliphatic heterocycles. The maximum Gasteiger partial charge on any atom is 0.306 e. The van der Waals surface area contributed by atoms with Crippen molar-refractivity contribution in [2.24, 2.45) is 5.73 Å². The molecule has 0 atom stereocenters. The molecule has 0 aliphatic rings. The Balaban J connectivity index is 2.47. The fourth-order valence-corrected chi connectivity index (χ4v) is 2.34. The average molecular weight is 286 g/mol. The van der Waals surface area contributed by atoms with Crippen molar-refractivity contribution >= 4 is 16.0 Å². The van der Waals surface area contributed by atoms with Gasteiger partial charge in [0.15, 0.2) is 0 Å². The number of benzene rings is 1. The van der Waals surface area contributed by atoms with Gasteiger partial charge in [0, 0.05) is 13.1 Å². The zero-order valence-electron chi connectivity index (χ0n) is 10.8. The van der Waals surface area contributed by atoms with Crippen LogP contribution in [0.4, 0.5) is 0 Å². The lowest BCUT2D eigenvalue weighted by molar-refractivity contribution is -0.140. The van der Waals surface area contributed by atoms with Gasteiger partial charge in [-0.1, -0.05) is 24.3 Å². The minimum atomic E-state index is -3.48. The largest absolute Gasteiger partial charge is 0.469 e. The summed E-state index contributed by atoms with van der Waals surface area (Å²) in [5.74, 6) is -0.821. The van der Waals surface area contributed by atoms with Gasteiger partial charge >= 0.3 is 5.97 Å². The van der Waals surface area contributed by atoms with Crippen molar-refractivity contribution < 1.29 is 17.9 Å². The number of carbonyl (C=O) groups is 1. The van der Waals surface area contributed by atoms with E-state index < -0.39 is 16.0 Å². The van der Waals surface area contributed by atoms with Gasteiger partial charge in [-0.3, -0.25) is 4.79 Å². The summed E-state index contributed by atoms with van der Waals surface area (Å²) in [6.07, 6.45) is -0.155. The number of rotatable bonds is 7. The highest BCUT2D eigenvalue weighted by atomic mass is 32.2. The van der Waals surface area contributed by atoms with Crippen LogP contribution >= 0.6 is 0 Å². The Bertz CT molecular complexity index is 511. The van der Waals surface area contributed by atoms with E-state index in [9.17, 15) is 13.2 Å². The number of ether oxygens (including phenoxy) is 1. The Morgan fingerprint density at radius 1 is 1.26 bits per heavy atom. The number of hydrogen-bond donors (Lipinski definition) is 2. The van der Waals surface area contributed by atoms with Gasteiger partial charge in [0.05, 0.1) is 19.3 Å². The van der Waals surface area contributed by atoms with E-state index in [2.05, 4.69) is 9.46 Å². The van der Waals surface area contributed by atoms with E-state index >= 15 is 0 Å². The molecule has 1 aromatic carbocycles. The van der Waals surface area contributed by atoms with Crippen LogP contribution in [-0.4, -0.2) is 27.2 Å². The number of hydrogen-bond acceptors (Lipinski definition) is 5. The summed E-state index contributed by atoms with van der Waals surface area (Å²) < 4.78 is 30.0. The van der Waals surface area contributed by atoms with E-state index in [1.54, 1.807) is 0 Å². The van der Waals surface area contributed by atoms with Gasteiger partial charge in [-0.2, -0.15) is 0 Å². The van der Waals surface area contributed by atoms with E-state index in [1.165, 1.54) is 7.11 Å². The van der Waals surface area contributed by atoms with E-state index in [0.29, 0.717) is 6.54 Å². The number of nitrogens with two attached hydrogens (primary N) is 1. The second kappa shape index (κ2) is 7.22. The quantitative estimate of drug-likeness (QED) is 0.694. The Kier molecular flexibility index (Phi) is 5.94. The van der Waals surface area contributed by atoms with Crippen LogP contribution in [0.25, 0.3) is 0 Å². The first-order valence-corrected chi connectivity index (χ1v) is 7.44. The van der Waals surface area contributed by atoms with Crippen LogP contribution in [0.1, 0.15) is 17.5 Å². The summed E-state index contributed by atoms with van der Waals surface area (Å²) >= 11 is 0. The topological polar surface area (TPSA) is 98.5 Å². The van der Waals surface area contributed by atoms with Gasteiger partial charge < -0.3 is 10.5 Å². The predicted octanol–water partition coefficient (Wildman–Crippen LogP) is 0.128. The molecule has 1 aromatic rings. The minimum absolute atomic E-state index is 0.155. The fourth-order valence-electron chi connectivity index (χ4n) is 1.38. The molecule has 0 saturated carbocycles. The Morgan fingerprint density at radius 2 is 1.84 bits per heavy atom. The van der Waals surface area contributed by atoms with Crippen LogP contribution in [0.2, 0.25) is 0 Å². The fraction of sp³-hybridized carbons (Fsp3) is 0.417. The van der Waals surface area contributed by atoms with Crippen molar-refractivity contribution in [3.63, 3.8) is 0 Å². The molecule has 0 saturated heterocycles. The molecule has 0 fully saturated rings. The highest BCUT2D eigenvalue weighted by Crippen LogP contribution is 2.04. The normalized spacial score (nSPS) is 11.3. The average Bonchev–Trinajstić information content (AvgIpc) is 2.43. The van der Waals surface area contributed by atoms with Gasteiger partial charge in [0.25, 0.3) is 0 Å². The van der Waals surface area contributed by atoms with Gasteiger partial charge in [0.2, 0.25) is 10.0 Å². The minimum Gasteiger partial charge on any atom is -0.469 e. The lowest BCUT2D eigenvalue weighted by atomic mass is 10.1. The highest BCUT2D eigenvalue weighted by molar-refractivity contribution is 7.89. The smallest absolute Gasteiger partial charge is 0.306 e. The maximum atomic E-state index is 11.6. The summed E-state index contributed by atoms with van der Waals surface area (Å²) in [5.41, 5.74) is 7.28. The molecule has 1 rings (SSSR count). The first-order chi connectivity index (χ1) is 8.96. The van der Waals surface area contributed by atoms with Gasteiger partial charge in [0.1, 0.15) is 0 Å². The SMILES string of the molecule is COC(=O)CCS(=O)(=O)NCc1ccc(CN)cc1. The number of methoxy groups -OCH3 is 1. The lowest BCUT2D eigenvalue weighted by Crippen LogP contribution is -2.27. The van der Waals surface area contributed by atoms with Crippen LogP contribution in [0.3, 0.4) is 0 Å². The second-order valence-electron chi connectivity index (χ2n) is 3.99. The van der Waals surface area contributed by atoms with Crippen LogP contribution in [0.5, 0.6) is 0 Å². The molecule has 0 radical (unpaired) electrons. The summed E-state index contributed by atoms with van der Waals surface area (Å²) in [4.78, 5) is 10.9. The molecule has 0 heterocycles. The Labute approximate surface area is 113 Å². The first-order valence-electron chi connectivity index (χ1n) is 5.79. The molecule has 6 nitrogen and oxygen atoms in total. The monoisotopic (exact) mass is 286 g/mol. The van der Waals surface area contributed by atoms with Crippen LogP contribution in [0.15, 0.2) is 24.3 Å². The predicted molar refractivity (Wildman–Crippen MR) is 71.6 cm³/mol. The molecule has 7 heteroatoms. The maximum absolute atomic E-state index is 11.6. The van der Waals surface area contributed by atoms with Gasteiger partial charge in [-0.25, -0.2) is 13.1 Å². The van der Waals surface area contributed by atoms with Gasteiger partial charge in [-0.05, 0) is 11.1 Å². The molecule has 0 unspecified atom stereocenters. The summed E-state index contributed by atoms with van der Waals surface area (Å²) in [6, 6.07) is 7.31. The zero-order chi connectivity index (χ0) is 14.3. The van der Waals surface area contributed by atoms with E-state index in [1.807, 2.05) is 24.3 Å². The van der Waals surface area contributed by atoms with Crippen molar-refractivity contribution in [1.29, 1.82) is 0 Å². The highest BCUT2D eigenvalue weighted by Gasteiger charge is 2.13. The third-order valence-electron chi connectivity index (χ3n) is 2.56. The van der Waals surface area contributed by atoms with Crippen molar-refractivity contribution in [2.45, 2.75) is 19.5 Å². The van der Waals surface area contributed by atoms with Crippen molar-refractivity contribution in [3.8, 4) is 0 Å². The third kappa shape index (κ3) is 5.82. The molecule has 106 valence electrons. The number of sulfonamides is 1. The van der Waals surface area contributed by atoms with Gasteiger partial charge in [-0.15, -0.1) is 0 Å². The van der Waals surface area contributed by atoms with E-state index in [0.717, 1.165) is 11.1 Å².